The van der Waals surface area contributed by atoms with E-state index in [1.807, 2.05) is 29.4 Å². The van der Waals surface area contributed by atoms with Crippen LogP contribution in [0.1, 0.15) is 48.0 Å². The number of thioether (sulfide) groups is 1. The zero-order valence-electron chi connectivity index (χ0n) is 15.5. The standard InChI is InChI=1S/C22H22N4OS/c27-21(24-18-11-5-7-15-6-1-2-8-16(15)18)14-28-22-25-19-10-4-3-9-17(19)20-12-13-23-26(20)22/h1-4,6,8-10,13,18,20H,5,7,11-12,14H2,(H,24,27)/t18-,20+/m0/s1. The van der Waals surface area contributed by atoms with Crippen molar-refractivity contribution in [3.8, 4) is 0 Å². The second-order valence-electron chi connectivity index (χ2n) is 7.35. The lowest BCUT2D eigenvalue weighted by molar-refractivity contribution is -0.119. The number of fused-ring (bicyclic) bond motifs is 4. The van der Waals surface area contributed by atoms with Crippen molar-refractivity contribution < 1.29 is 4.79 Å². The van der Waals surface area contributed by atoms with E-state index in [-0.39, 0.29) is 18.0 Å². The predicted octanol–water partition coefficient (Wildman–Crippen LogP) is 4.35. The number of para-hydroxylation sites is 1. The molecule has 1 N–H and O–H groups in total. The third-order valence-corrected chi connectivity index (χ3v) is 6.52. The number of nitrogens with zero attached hydrogens (tertiary/aromatic N) is 3. The first-order valence-electron chi connectivity index (χ1n) is 9.79. The van der Waals surface area contributed by atoms with Gasteiger partial charge in [-0.1, -0.05) is 54.2 Å². The van der Waals surface area contributed by atoms with E-state index in [9.17, 15) is 4.79 Å². The fourth-order valence-corrected chi connectivity index (χ4v) is 5.06. The van der Waals surface area contributed by atoms with E-state index >= 15 is 0 Å². The van der Waals surface area contributed by atoms with Crippen LogP contribution in [0.4, 0.5) is 5.69 Å². The van der Waals surface area contributed by atoms with Gasteiger partial charge in [-0.25, -0.2) is 10.0 Å². The van der Waals surface area contributed by atoms with Crippen LogP contribution in [-0.4, -0.2) is 28.1 Å². The molecular weight excluding hydrogens is 368 g/mol. The molecule has 0 spiro atoms. The molecule has 142 valence electrons. The van der Waals surface area contributed by atoms with Gasteiger partial charge in [-0.3, -0.25) is 4.79 Å². The van der Waals surface area contributed by atoms with Gasteiger partial charge in [-0.2, -0.15) is 5.10 Å². The average molecular weight is 391 g/mol. The highest BCUT2D eigenvalue weighted by Gasteiger charge is 2.33. The molecule has 1 aliphatic carbocycles. The van der Waals surface area contributed by atoms with Crippen LogP contribution in [0.15, 0.2) is 58.6 Å². The Kier molecular flexibility index (Phi) is 4.64. The van der Waals surface area contributed by atoms with Gasteiger partial charge < -0.3 is 5.32 Å². The fraction of sp³-hybridized carbons (Fsp3) is 0.318. The molecule has 5 nitrogen and oxygen atoms in total. The highest BCUT2D eigenvalue weighted by molar-refractivity contribution is 8.14. The zero-order valence-corrected chi connectivity index (χ0v) is 16.4. The van der Waals surface area contributed by atoms with Crippen LogP contribution in [0.3, 0.4) is 0 Å². The Balaban J connectivity index is 1.27. The monoisotopic (exact) mass is 390 g/mol. The molecule has 0 fully saturated rings. The van der Waals surface area contributed by atoms with Crippen LogP contribution < -0.4 is 5.32 Å². The van der Waals surface area contributed by atoms with Crippen LogP contribution in [0, 0.1) is 0 Å². The van der Waals surface area contributed by atoms with Crippen LogP contribution in [0.25, 0.3) is 0 Å². The molecule has 2 atom stereocenters. The molecule has 2 aliphatic heterocycles. The van der Waals surface area contributed by atoms with Gasteiger partial charge in [0, 0.05) is 18.2 Å². The second-order valence-corrected chi connectivity index (χ2v) is 8.29. The van der Waals surface area contributed by atoms with Crippen LogP contribution in [0.5, 0.6) is 0 Å². The van der Waals surface area contributed by atoms with Gasteiger partial charge in [-0.05, 0) is 36.5 Å². The molecule has 0 saturated heterocycles. The van der Waals surface area contributed by atoms with E-state index < -0.39 is 0 Å². The minimum absolute atomic E-state index is 0.0491. The molecule has 5 rings (SSSR count). The number of hydrazone groups is 1. The molecule has 2 heterocycles. The molecule has 1 amide bonds. The van der Waals surface area contributed by atoms with Gasteiger partial charge in [0.05, 0.1) is 23.5 Å². The summed E-state index contributed by atoms with van der Waals surface area (Å²) in [6, 6.07) is 16.9. The lowest BCUT2D eigenvalue weighted by Crippen LogP contribution is -2.34. The summed E-state index contributed by atoms with van der Waals surface area (Å²) in [5.41, 5.74) is 4.81. The minimum atomic E-state index is 0.0491. The van der Waals surface area contributed by atoms with Gasteiger partial charge in [-0.15, -0.1) is 0 Å². The first-order chi connectivity index (χ1) is 13.8. The van der Waals surface area contributed by atoms with Crippen LogP contribution >= 0.6 is 11.8 Å². The average Bonchev–Trinajstić information content (AvgIpc) is 3.23. The topological polar surface area (TPSA) is 57.1 Å². The lowest BCUT2D eigenvalue weighted by Gasteiger charge is -2.30. The van der Waals surface area contributed by atoms with Gasteiger partial charge >= 0.3 is 0 Å². The Morgan fingerprint density at radius 1 is 1.14 bits per heavy atom. The van der Waals surface area contributed by atoms with Gasteiger partial charge in [0.2, 0.25) is 5.91 Å². The van der Waals surface area contributed by atoms with Crippen molar-refractivity contribution in [2.24, 2.45) is 10.1 Å². The van der Waals surface area contributed by atoms with Crippen molar-refractivity contribution in [2.75, 3.05) is 5.75 Å². The van der Waals surface area contributed by atoms with Crippen LogP contribution in [-0.2, 0) is 11.2 Å². The van der Waals surface area contributed by atoms with Crippen molar-refractivity contribution >= 4 is 34.7 Å². The van der Waals surface area contributed by atoms with E-state index in [0.717, 1.165) is 36.5 Å². The first kappa shape index (κ1) is 17.5. The number of rotatable bonds is 3. The largest absolute Gasteiger partial charge is 0.349 e. The van der Waals surface area contributed by atoms with Crippen LogP contribution in [0.2, 0.25) is 0 Å². The molecule has 2 aromatic carbocycles. The third kappa shape index (κ3) is 3.22. The number of amidine groups is 1. The van der Waals surface area contributed by atoms with E-state index in [0.29, 0.717) is 5.75 Å². The predicted molar refractivity (Wildman–Crippen MR) is 114 cm³/mol. The Hall–Kier alpha value is -2.60. The summed E-state index contributed by atoms with van der Waals surface area (Å²) < 4.78 is 0. The Morgan fingerprint density at radius 3 is 2.89 bits per heavy atom. The second kappa shape index (κ2) is 7.43. The summed E-state index contributed by atoms with van der Waals surface area (Å²) in [7, 11) is 0. The summed E-state index contributed by atoms with van der Waals surface area (Å²) in [5.74, 6) is 0.395. The van der Waals surface area contributed by atoms with Gasteiger partial charge in [0.1, 0.15) is 0 Å². The van der Waals surface area contributed by atoms with Crippen molar-refractivity contribution in [3.63, 3.8) is 0 Å². The van der Waals surface area contributed by atoms with Gasteiger partial charge in [0.25, 0.3) is 0 Å². The fourth-order valence-electron chi connectivity index (χ4n) is 4.25. The SMILES string of the molecule is O=C(CSC1=Nc2ccccc2[C@H]2CC=NN12)N[C@H]1CCCc2ccccc21. The maximum absolute atomic E-state index is 12.7. The molecule has 6 heteroatoms. The Bertz CT molecular complexity index is 971. The van der Waals surface area contributed by atoms with Crippen molar-refractivity contribution in [1.82, 2.24) is 10.3 Å². The lowest BCUT2D eigenvalue weighted by atomic mass is 9.88. The summed E-state index contributed by atoms with van der Waals surface area (Å²) in [5, 5.41) is 10.5. The molecule has 0 bridgehead atoms. The number of amides is 1. The third-order valence-electron chi connectivity index (χ3n) is 5.57. The normalized spacial score (nSPS) is 22.1. The smallest absolute Gasteiger partial charge is 0.230 e. The molecule has 28 heavy (non-hydrogen) atoms. The maximum Gasteiger partial charge on any atom is 0.230 e. The van der Waals surface area contributed by atoms with E-state index in [2.05, 4.69) is 40.8 Å². The van der Waals surface area contributed by atoms with Gasteiger partial charge in [0.15, 0.2) is 5.17 Å². The molecule has 3 aliphatic rings. The maximum atomic E-state index is 12.7. The number of aliphatic imine (C=N–C) groups is 1. The molecule has 0 aromatic heterocycles. The van der Waals surface area contributed by atoms with Crippen molar-refractivity contribution in [2.45, 2.75) is 37.8 Å². The highest BCUT2D eigenvalue weighted by atomic mass is 32.2. The Morgan fingerprint density at radius 2 is 1.96 bits per heavy atom. The molecule has 0 radical (unpaired) electrons. The summed E-state index contributed by atoms with van der Waals surface area (Å²) in [4.78, 5) is 17.4. The Labute approximate surface area is 168 Å². The van der Waals surface area contributed by atoms with E-state index in [4.69, 9.17) is 4.99 Å². The first-order valence-corrected chi connectivity index (χ1v) is 10.8. The number of carbonyl (C=O) groups is 1. The summed E-state index contributed by atoms with van der Waals surface area (Å²) >= 11 is 1.47. The highest BCUT2D eigenvalue weighted by Crippen LogP contribution is 2.40. The molecule has 2 aromatic rings. The number of hydrogen-bond acceptors (Lipinski definition) is 5. The van der Waals surface area contributed by atoms with E-state index in [1.165, 1.54) is 28.5 Å². The number of carbonyl (C=O) groups excluding carboxylic acids is 1. The molecule has 0 saturated carbocycles. The number of benzene rings is 2. The minimum Gasteiger partial charge on any atom is -0.349 e. The number of aryl methyl sites for hydroxylation is 1. The zero-order chi connectivity index (χ0) is 18.9. The number of hydrogen-bond donors (Lipinski definition) is 1. The van der Waals surface area contributed by atoms with E-state index in [1.54, 1.807) is 0 Å². The molecular formula is C22H22N4OS. The molecule has 0 unspecified atom stereocenters. The quantitative estimate of drug-likeness (QED) is 0.848. The summed E-state index contributed by atoms with van der Waals surface area (Å²) in [6.07, 6.45) is 6.02. The summed E-state index contributed by atoms with van der Waals surface area (Å²) in [6.45, 7) is 0. The van der Waals surface area contributed by atoms with Crippen molar-refractivity contribution in [1.29, 1.82) is 0 Å². The van der Waals surface area contributed by atoms with Crippen molar-refractivity contribution in [3.05, 3.63) is 65.2 Å². The number of nitrogens with one attached hydrogen (secondary N) is 1.